The molecule has 90 valence electrons. The average molecular weight is 458 g/mol. The molecule has 6 heteroatoms. The third kappa shape index (κ3) is 3.66. The van der Waals surface area contributed by atoms with Crippen molar-refractivity contribution in [3.63, 3.8) is 0 Å². The van der Waals surface area contributed by atoms with Gasteiger partial charge in [-0.25, -0.2) is 9.59 Å². The minimum absolute atomic E-state index is 0.185. The third-order valence-corrected chi connectivity index (χ3v) is 3.54. The third-order valence-electron chi connectivity index (χ3n) is 1.80. The van der Waals surface area contributed by atoms with Crippen molar-refractivity contribution >= 4 is 57.1 Å². The Bertz CT molecular complexity index is 508. The number of halogens is 2. The molecule has 1 rings (SSSR count). The first-order chi connectivity index (χ1) is 7.82. The van der Waals surface area contributed by atoms with E-state index in [1.165, 1.54) is 12.1 Å². The van der Waals surface area contributed by atoms with Gasteiger partial charge in [0.05, 0.1) is 9.13 Å². The molecule has 1 N–H and O–H groups in total. The lowest BCUT2D eigenvalue weighted by atomic mass is 10.2. The lowest BCUT2D eigenvalue weighted by Gasteiger charge is -2.08. The fourth-order valence-corrected chi connectivity index (χ4v) is 2.20. The van der Waals surface area contributed by atoms with Crippen LogP contribution >= 0.6 is 45.2 Å². The Labute approximate surface area is 125 Å². The van der Waals surface area contributed by atoms with E-state index in [4.69, 9.17) is 9.84 Å². The van der Waals surface area contributed by atoms with Gasteiger partial charge in [-0.05, 0) is 64.2 Å². The monoisotopic (exact) mass is 458 g/mol. The number of esters is 1. The summed E-state index contributed by atoms with van der Waals surface area (Å²) in [6, 6.07) is 2.98. The summed E-state index contributed by atoms with van der Waals surface area (Å²) in [6.45, 7) is 5.02. The standard InChI is InChI=1S/C11H8I2O4/c1-5(2)11(16)17-9-4-7(12)6(10(14)15)3-8(9)13/h3-4H,1H2,2H3,(H,14,15). The number of ether oxygens (including phenoxy) is 1. The molecule has 0 aromatic heterocycles. The summed E-state index contributed by atoms with van der Waals surface area (Å²) in [7, 11) is 0. The van der Waals surface area contributed by atoms with Crippen molar-refractivity contribution in [3.8, 4) is 5.75 Å². The number of carbonyl (C=O) groups excluding carboxylic acids is 1. The van der Waals surface area contributed by atoms with Gasteiger partial charge >= 0.3 is 11.9 Å². The van der Waals surface area contributed by atoms with Gasteiger partial charge in [-0.1, -0.05) is 6.58 Å². The molecule has 0 fully saturated rings. The number of benzene rings is 1. The molecule has 0 spiro atoms. The second-order valence-electron chi connectivity index (χ2n) is 3.24. The highest BCUT2D eigenvalue weighted by atomic mass is 127. The molecule has 0 bridgehead atoms. The number of rotatable bonds is 3. The van der Waals surface area contributed by atoms with E-state index in [1.54, 1.807) is 6.92 Å². The zero-order chi connectivity index (χ0) is 13.2. The number of hydrogen-bond donors (Lipinski definition) is 1. The maximum Gasteiger partial charge on any atom is 0.338 e. The van der Waals surface area contributed by atoms with Crippen LogP contribution in [0.3, 0.4) is 0 Å². The van der Waals surface area contributed by atoms with Gasteiger partial charge in [0.25, 0.3) is 0 Å². The first-order valence-corrected chi connectivity index (χ1v) is 6.58. The Morgan fingerprint density at radius 2 is 1.88 bits per heavy atom. The van der Waals surface area contributed by atoms with Gasteiger partial charge in [0.1, 0.15) is 5.75 Å². The SMILES string of the molecule is C=C(C)C(=O)Oc1cc(I)c(C(=O)O)cc1I. The Kier molecular flexibility index (Phi) is 4.92. The van der Waals surface area contributed by atoms with Crippen LogP contribution in [0.15, 0.2) is 24.3 Å². The molecule has 4 nitrogen and oxygen atoms in total. The first-order valence-electron chi connectivity index (χ1n) is 4.43. The molecular weight excluding hydrogens is 450 g/mol. The molecule has 0 aliphatic heterocycles. The number of carboxylic acids is 1. The molecule has 0 radical (unpaired) electrons. The Morgan fingerprint density at radius 3 is 2.35 bits per heavy atom. The lowest BCUT2D eigenvalue weighted by Crippen LogP contribution is -2.10. The van der Waals surface area contributed by atoms with Crippen LogP contribution in [0.2, 0.25) is 0 Å². The molecule has 0 aliphatic carbocycles. The van der Waals surface area contributed by atoms with Crippen molar-refractivity contribution in [1.29, 1.82) is 0 Å². The largest absolute Gasteiger partial charge is 0.478 e. The van der Waals surface area contributed by atoms with E-state index >= 15 is 0 Å². The average Bonchev–Trinajstić information content (AvgIpc) is 2.22. The van der Waals surface area contributed by atoms with Crippen molar-refractivity contribution in [2.75, 3.05) is 0 Å². The highest BCUT2D eigenvalue weighted by Gasteiger charge is 2.15. The molecular formula is C11H8I2O4. The van der Waals surface area contributed by atoms with Gasteiger partial charge in [0.2, 0.25) is 0 Å². The summed E-state index contributed by atoms with van der Waals surface area (Å²) >= 11 is 3.80. The minimum Gasteiger partial charge on any atom is -0.478 e. The summed E-state index contributed by atoms with van der Waals surface area (Å²) in [5.74, 6) is -1.19. The summed E-state index contributed by atoms with van der Waals surface area (Å²) in [6.07, 6.45) is 0. The van der Waals surface area contributed by atoms with E-state index in [1.807, 2.05) is 45.2 Å². The molecule has 0 saturated carbocycles. The molecule has 0 heterocycles. The Balaban J connectivity index is 3.12. The zero-order valence-corrected chi connectivity index (χ0v) is 13.1. The fraction of sp³-hybridized carbons (Fsp3) is 0.0909. The van der Waals surface area contributed by atoms with Gasteiger partial charge in [0.15, 0.2) is 0 Å². The van der Waals surface area contributed by atoms with Crippen LogP contribution in [-0.4, -0.2) is 17.0 Å². The summed E-state index contributed by atoms with van der Waals surface area (Å²) < 4.78 is 6.16. The molecule has 0 unspecified atom stereocenters. The summed E-state index contributed by atoms with van der Waals surface area (Å²) in [5, 5.41) is 8.92. The second kappa shape index (κ2) is 5.80. The topological polar surface area (TPSA) is 63.6 Å². The van der Waals surface area contributed by atoms with E-state index in [2.05, 4.69) is 6.58 Å². The van der Waals surface area contributed by atoms with Gasteiger partial charge in [-0.3, -0.25) is 0 Å². The molecule has 0 amide bonds. The van der Waals surface area contributed by atoms with Gasteiger partial charge < -0.3 is 9.84 Å². The van der Waals surface area contributed by atoms with Gasteiger partial charge in [-0.2, -0.15) is 0 Å². The highest BCUT2D eigenvalue weighted by molar-refractivity contribution is 14.1. The molecule has 1 aromatic rings. The van der Waals surface area contributed by atoms with Gasteiger partial charge in [-0.15, -0.1) is 0 Å². The van der Waals surface area contributed by atoms with Crippen LogP contribution in [0.25, 0.3) is 0 Å². The van der Waals surface area contributed by atoms with Crippen LogP contribution in [0, 0.1) is 7.14 Å². The van der Waals surface area contributed by atoms with Gasteiger partial charge in [0, 0.05) is 9.14 Å². The molecule has 0 atom stereocenters. The predicted octanol–water partition coefficient (Wildman–Crippen LogP) is 3.08. The quantitative estimate of drug-likeness (QED) is 0.328. The van der Waals surface area contributed by atoms with Crippen molar-refractivity contribution in [3.05, 3.63) is 37.0 Å². The highest BCUT2D eigenvalue weighted by Crippen LogP contribution is 2.27. The number of carbonyl (C=O) groups is 2. The normalized spacial score (nSPS) is 9.82. The van der Waals surface area contributed by atoms with Crippen molar-refractivity contribution in [1.82, 2.24) is 0 Å². The van der Waals surface area contributed by atoms with Crippen LogP contribution in [0.1, 0.15) is 17.3 Å². The molecule has 17 heavy (non-hydrogen) atoms. The summed E-state index contributed by atoms with van der Waals surface area (Å²) in [5.41, 5.74) is 0.475. The predicted molar refractivity (Wildman–Crippen MR) is 79.3 cm³/mol. The van der Waals surface area contributed by atoms with E-state index in [9.17, 15) is 9.59 Å². The van der Waals surface area contributed by atoms with E-state index in [-0.39, 0.29) is 11.1 Å². The van der Waals surface area contributed by atoms with Crippen LogP contribution in [-0.2, 0) is 4.79 Å². The van der Waals surface area contributed by atoms with E-state index in [0.29, 0.717) is 12.9 Å². The maximum atomic E-state index is 11.4. The number of carboxylic acid groups (broad SMARTS) is 1. The fourth-order valence-electron chi connectivity index (χ4n) is 0.958. The smallest absolute Gasteiger partial charge is 0.338 e. The minimum atomic E-state index is -1.01. The Hall–Kier alpha value is -0.640. The zero-order valence-electron chi connectivity index (χ0n) is 8.79. The Morgan fingerprint density at radius 1 is 1.29 bits per heavy atom. The van der Waals surface area contributed by atoms with E-state index < -0.39 is 11.9 Å². The summed E-state index contributed by atoms with van der Waals surface area (Å²) in [4.78, 5) is 22.2. The maximum absolute atomic E-state index is 11.4. The molecule has 0 saturated heterocycles. The van der Waals surface area contributed by atoms with Crippen LogP contribution in [0.5, 0.6) is 5.75 Å². The van der Waals surface area contributed by atoms with E-state index in [0.717, 1.165) is 0 Å². The van der Waals surface area contributed by atoms with Crippen molar-refractivity contribution in [2.24, 2.45) is 0 Å². The van der Waals surface area contributed by atoms with Crippen LogP contribution < -0.4 is 4.74 Å². The molecule has 0 aliphatic rings. The lowest BCUT2D eigenvalue weighted by molar-refractivity contribution is -0.130. The van der Waals surface area contributed by atoms with Crippen molar-refractivity contribution in [2.45, 2.75) is 6.92 Å². The molecule has 1 aromatic carbocycles. The van der Waals surface area contributed by atoms with Crippen molar-refractivity contribution < 1.29 is 19.4 Å². The van der Waals surface area contributed by atoms with Crippen LogP contribution in [0.4, 0.5) is 0 Å². The first kappa shape index (κ1) is 14.4. The number of aromatic carboxylic acids is 1. The number of hydrogen-bond acceptors (Lipinski definition) is 3. The second-order valence-corrected chi connectivity index (χ2v) is 5.56.